The Morgan fingerprint density at radius 1 is 1.27 bits per heavy atom. The molecule has 1 saturated heterocycles. The molecule has 1 N–H and O–H groups in total. The number of nitrogens with one attached hydrogen (secondary N) is 1. The predicted octanol–water partition coefficient (Wildman–Crippen LogP) is 0.995. The van der Waals surface area contributed by atoms with Gasteiger partial charge in [-0.05, 0) is 34.9 Å². The van der Waals surface area contributed by atoms with Gasteiger partial charge in [0.1, 0.15) is 5.82 Å². The first kappa shape index (κ1) is 17.2. The minimum absolute atomic E-state index is 0.134. The van der Waals surface area contributed by atoms with Crippen LogP contribution in [0.4, 0.5) is 5.82 Å². The van der Waals surface area contributed by atoms with E-state index in [1.165, 1.54) is 11.4 Å². The third kappa shape index (κ3) is 3.80. The molecule has 2 rings (SSSR count). The molecule has 6 heteroatoms. The van der Waals surface area contributed by atoms with E-state index in [1.54, 1.807) is 0 Å². The largest absolute Gasteiger partial charge is 0.378 e. The van der Waals surface area contributed by atoms with Gasteiger partial charge >= 0.3 is 0 Å². The van der Waals surface area contributed by atoms with Gasteiger partial charge in [0.15, 0.2) is 0 Å². The third-order valence-corrected chi connectivity index (χ3v) is 4.69. The maximum absolute atomic E-state index is 5.47. The maximum atomic E-state index is 5.47. The first-order chi connectivity index (χ1) is 10.3. The molecule has 0 aliphatic carbocycles. The molecule has 1 aromatic rings. The Bertz CT molecular complexity index is 489. The van der Waals surface area contributed by atoms with Crippen LogP contribution in [0.1, 0.15) is 25.1 Å². The molecule has 0 unspecified atom stereocenters. The molecular formula is C16H31N5O. The van der Waals surface area contributed by atoms with Gasteiger partial charge in [-0.15, -0.1) is 0 Å². The monoisotopic (exact) mass is 309 g/mol. The molecule has 0 atom stereocenters. The van der Waals surface area contributed by atoms with Crippen molar-refractivity contribution in [3.8, 4) is 0 Å². The van der Waals surface area contributed by atoms with E-state index in [9.17, 15) is 0 Å². The molecule has 0 spiro atoms. The molecule has 6 nitrogen and oxygen atoms in total. The number of ether oxygens (including phenoxy) is 1. The van der Waals surface area contributed by atoms with Crippen molar-refractivity contribution < 1.29 is 4.74 Å². The number of hydrogen-bond acceptors (Lipinski definition) is 5. The molecule has 0 bridgehead atoms. The van der Waals surface area contributed by atoms with E-state index >= 15 is 0 Å². The van der Waals surface area contributed by atoms with Gasteiger partial charge in [-0.1, -0.05) is 0 Å². The van der Waals surface area contributed by atoms with E-state index in [-0.39, 0.29) is 5.54 Å². The van der Waals surface area contributed by atoms with Crippen LogP contribution >= 0.6 is 0 Å². The molecule has 0 aromatic carbocycles. The van der Waals surface area contributed by atoms with Crippen molar-refractivity contribution in [2.75, 3.05) is 51.8 Å². The maximum Gasteiger partial charge on any atom is 0.131 e. The number of anilines is 1. The normalized spacial score (nSPS) is 16.6. The van der Waals surface area contributed by atoms with Gasteiger partial charge in [-0.2, -0.15) is 5.10 Å². The molecule has 1 aliphatic heterocycles. The molecule has 0 saturated carbocycles. The fourth-order valence-corrected chi connectivity index (χ4v) is 2.72. The van der Waals surface area contributed by atoms with Crippen LogP contribution in [0, 0.1) is 6.92 Å². The lowest BCUT2D eigenvalue weighted by molar-refractivity contribution is 0.122. The van der Waals surface area contributed by atoms with Crippen LogP contribution in [0.5, 0.6) is 0 Å². The zero-order valence-electron chi connectivity index (χ0n) is 14.9. The second-order valence-electron chi connectivity index (χ2n) is 6.92. The van der Waals surface area contributed by atoms with Crippen molar-refractivity contribution in [3.05, 3.63) is 11.3 Å². The number of hydrogen-bond donors (Lipinski definition) is 1. The van der Waals surface area contributed by atoms with Crippen molar-refractivity contribution in [2.24, 2.45) is 7.05 Å². The zero-order chi connectivity index (χ0) is 16.3. The van der Waals surface area contributed by atoms with Crippen molar-refractivity contribution in [1.29, 1.82) is 0 Å². The van der Waals surface area contributed by atoms with Crippen LogP contribution in [0.15, 0.2) is 0 Å². The SMILES string of the molecule is Cc1nn(C)c(N2CCOCC2)c1CNCC(C)(C)N(C)C. The Morgan fingerprint density at radius 3 is 2.50 bits per heavy atom. The highest BCUT2D eigenvalue weighted by Crippen LogP contribution is 2.24. The zero-order valence-corrected chi connectivity index (χ0v) is 14.9. The predicted molar refractivity (Wildman–Crippen MR) is 90.4 cm³/mol. The fraction of sp³-hybridized carbons (Fsp3) is 0.812. The van der Waals surface area contributed by atoms with Gasteiger partial charge in [0.25, 0.3) is 0 Å². The lowest BCUT2D eigenvalue weighted by atomic mass is 10.0. The average molecular weight is 309 g/mol. The summed E-state index contributed by atoms with van der Waals surface area (Å²) in [5.74, 6) is 1.23. The molecule has 22 heavy (non-hydrogen) atoms. The molecular weight excluding hydrogens is 278 g/mol. The highest BCUT2D eigenvalue weighted by Gasteiger charge is 2.23. The summed E-state index contributed by atoms with van der Waals surface area (Å²) in [4.78, 5) is 4.64. The molecule has 2 heterocycles. The van der Waals surface area contributed by atoms with E-state index in [0.717, 1.165) is 45.1 Å². The fourth-order valence-electron chi connectivity index (χ4n) is 2.72. The topological polar surface area (TPSA) is 45.6 Å². The van der Waals surface area contributed by atoms with Crippen LogP contribution in [-0.4, -0.2) is 67.2 Å². The number of likely N-dealkylation sites (N-methyl/N-ethyl adjacent to an activating group) is 1. The lowest BCUT2D eigenvalue weighted by Gasteiger charge is -2.33. The van der Waals surface area contributed by atoms with E-state index in [4.69, 9.17) is 4.74 Å². The van der Waals surface area contributed by atoms with E-state index in [1.807, 2.05) is 11.7 Å². The minimum Gasteiger partial charge on any atom is -0.378 e. The number of nitrogens with zero attached hydrogens (tertiary/aromatic N) is 4. The summed E-state index contributed by atoms with van der Waals surface area (Å²) in [5.41, 5.74) is 2.55. The van der Waals surface area contributed by atoms with E-state index in [0.29, 0.717) is 0 Å². The standard InChI is InChI=1S/C16H31N5O/c1-13-14(11-17-12-16(2,3)19(4)5)15(20(6)18-13)21-7-9-22-10-8-21/h17H,7-12H2,1-6H3. The van der Waals surface area contributed by atoms with E-state index < -0.39 is 0 Å². The molecule has 0 amide bonds. The summed E-state index contributed by atoms with van der Waals surface area (Å²) < 4.78 is 7.48. The first-order valence-electron chi connectivity index (χ1n) is 8.06. The van der Waals surface area contributed by atoms with Gasteiger partial charge in [0.2, 0.25) is 0 Å². The summed E-state index contributed by atoms with van der Waals surface area (Å²) in [6.07, 6.45) is 0. The number of morpholine rings is 1. The van der Waals surface area contributed by atoms with E-state index in [2.05, 4.69) is 55.1 Å². The van der Waals surface area contributed by atoms with Crippen molar-refractivity contribution >= 4 is 5.82 Å². The Balaban J connectivity index is 2.07. The average Bonchev–Trinajstić information content (AvgIpc) is 2.74. The quantitative estimate of drug-likeness (QED) is 0.849. The van der Waals surface area contributed by atoms with Crippen LogP contribution < -0.4 is 10.2 Å². The van der Waals surface area contributed by atoms with Crippen molar-refractivity contribution in [3.63, 3.8) is 0 Å². The Labute approximate surface area is 134 Å². The minimum atomic E-state index is 0.134. The summed E-state index contributed by atoms with van der Waals surface area (Å²) in [6, 6.07) is 0. The highest BCUT2D eigenvalue weighted by atomic mass is 16.5. The second kappa shape index (κ2) is 6.98. The Hall–Kier alpha value is -1.11. The second-order valence-corrected chi connectivity index (χ2v) is 6.92. The van der Waals surface area contributed by atoms with Crippen molar-refractivity contribution in [2.45, 2.75) is 32.9 Å². The summed E-state index contributed by atoms with van der Waals surface area (Å²) >= 11 is 0. The summed E-state index contributed by atoms with van der Waals surface area (Å²) in [6.45, 7) is 11.9. The van der Waals surface area contributed by atoms with Gasteiger partial charge in [0.05, 0.1) is 18.9 Å². The Morgan fingerprint density at radius 2 is 1.91 bits per heavy atom. The Kier molecular flexibility index (Phi) is 5.47. The lowest BCUT2D eigenvalue weighted by Crippen LogP contribution is -2.46. The van der Waals surface area contributed by atoms with Gasteiger partial charge in [-0.3, -0.25) is 4.68 Å². The highest BCUT2D eigenvalue weighted by molar-refractivity contribution is 5.50. The van der Waals surface area contributed by atoms with Crippen LogP contribution in [0.25, 0.3) is 0 Å². The molecule has 1 fully saturated rings. The molecule has 1 aliphatic rings. The molecule has 0 radical (unpaired) electrons. The summed E-state index contributed by atoms with van der Waals surface area (Å²) in [7, 11) is 6.28. The van der Waals surface area contributed by atoms with Gasteiger partial charge < -0.3 is 19.9 Å². The first-order valence-corrected chi connectivity index (χ1v) is 8.06. The third-order valence-electron chi connectivity index (χ3n) is 4.69. The van der Waals surface area contributed by atoms with Gasteiger partial charge in [0, 0.05) is 44.3 Å². The smallest absolute Gasteiger partial charge is 0.131 e. The number of rotatable bonds is 6. The number of aromatic nitrogens is 2. The van der Waals surface area contributed by atoms with Crippen LogP contribution in [-0.2, 0) is 18.3 Å². The summed E-state index contributed by atoms with van der Waals surface area (Å²) in [5, 5.41) is 8.22. The van der Waals surface area contributed by atoms with Crippen LogP contribution in [0.2, 0.25) is 0 Å². The molecule has 126 valence electrons. The van der Waals surface area contributed by atoms with Gasteiger partial charge in [-0.25, -0.2) is 0 Å². The number of aryl methyl sites for hydroxylation is 2. The van der Waals surface area contributed by atoms with Crippen molar-refractivity contribution in [1.82, 2.24) is 20.0 Å². The van der Waals surface area contributed by atoms with Crippen LogP contribution in [0.3, 0.4) is 0 Å². The molecule has 1 aromatic heterocycles.